The van der Waals surface area contributed by atoms with E-state index in [4.69, 9.17) is 9.84 Å². The van der Waals surface area contributed by atoms with Crippen LogP contribution >= 0.6 is 0 Å². The van der Waals surface area contributed by atoms with Crippen LogP contribution in [0.3, 0.4) is 0 Å². The van der Waals surface area contributed by atoms with Crippen molar-refractivity contribution in [2.45, 2.75) is 25.6 Å². The van der Waals surface area contributed by atoms with Crippen LogP contribution in [0.1, 0.15) is 13.3 Å². The van der Waals surface area contributed by atoms with Gasteiger partial charge >= 0.3 is 0 Å². The largest absolute Gasteiger partial charge is 0.491 e. The third-order valence-corrected chi connectivity index (χ3v) is 2.30. The van der Waals surface area contributed by atoms with Gasteiger partial charge in [-0.05, 0) is 32.0 Å². The Kier molecular flexibility index (Phi) is 6.62. The summed E-state index contributed by atoms with van der Waals surface area (Å²) in [7, 11) is 0. The van der Waals surface area contributed by atoms with Gasteiger partial charge in [0.05, 0.1) is 6.10 Å². The number of rotatable bonds is 8. The van der Waals surface area contributed by atoms with E-state index in [2.05, 4.69) is 5.32 Å². The minimum absolute atomic E-state index is 0.270. The Hall–Kier alpha value is -1.10. The van der Waals surface area contributed by atoms with Crippen LogP contribution in [0.2, 0.25) is 0 Å². The second-order valence-corrected chi connectivity index (χ2v) is 4.12. The maximum Gasteiger partial charge on any atom is 0.119 e. The fraction of sp³-hybridized carbons (Fsp3) is 0.538. The minimum Gasteiger partial charge on any atom is -0.491 e. The SMILES string of the molecule is CC(O)CCNCC(O)COc1ccccc1. The van der Waals surface area contributed by atoms with Gasteiger partial charge in [0.15, 0.2) is 0 Å². The van der Waals surface area contributed by atoms with Gasteiger partial charge in [0.25, 0.3) is 0 Å². The van der Waals surface area contributed by atoms with Crippen LogP contribution in [0.5, 0.6) is 5.75 Å². The van der Waals surface area contributed by atoms with E-state index in [1.165, 1.54) is 0 Å². The molecule has 17 heavy (non-hydrogen) atoms. The summed E-state index contributed by atoms with van der Waals surface area (Å²) in [6, 6.07) is 9.41. The third-order valence-electron chi connectivity index (χ3n) is 2.30. The summed E-state index contributed by atoms with van der Waals surface area (Å²) < 4.78 is 5.41. The number of aliphatic hydroxyl groups excluding tert-OH is 2. The van der Waals surface area contributed by atoms with Crippen molar-refractivity contribution in [3.63, 3.8) is 0 Å². The topological polar surface area (TPSA) is 61.7 Å². The molecule has 0 aromatic heterocycles. The van der Waals surface area contributed by atoms with Crippen molar-refractivity contribution in [2.24, 2.45) is 0 Å². The lowest BCUT2D eigenvalue weighted by Crippen LogP contribution is -2.32. The van der Waals surface area contributed by atoms with Gasteiger partial charge in [0, 0.05) is 6.54 Å². The van der Waals surface area contributed by atoms with Crippen LogP contribution in [0.25, 0.3) is 0 Å². The summed E-state index contributed by atoms with van der Waals surface area (Å²) in [4.78, 5) is 0. The fourth-order valence-electron chi connectivity index (χ4n) is 1.35. The Morgan fingerprint density at radius 1 is 1.24 bits per heavy atom. The number of ether oxygens (including phenoxy) is 1. The van der Waals surface area contributed by atoms with E-state index in [1.807, 2.05) is 30.3 Å². The number of aliphatic hydroxyl groups is 2. The van der Waals surface area contributed by atoms with E-state index in [9.17, 15) is 5.11 Å². The lowest BCUT2D eigenvalue weighted by atomic mass is 10.3. The van der Waals surface area contributed by atoms with Crippen molar-refractivity contribution in [3.8, 4) is 5.75 Å². The summed E-state index contributed by atoms with van der Waals surface area (Å²) in [6.07, 6.45) is -0.156. The highest BCUT2D eigenvalue weighted by Gasteiger charge is 2.04. The molecule has 1 aromatic carbocycles. The fourth-order valence-corrected chi connectivity index (χ4v) is 1.35. The molecule has 1 rings (SSSR count). The highest BCUT2D eigenvalue weighted by molar-refractivity contribution is 5.20. The number of hydrogen-bond donors (Lipinski definition) is 3. The molecule has 0 heterocycles. The van der Waals surface area contributed by atoms with Gasteiger partial charge in [-0.15, -0.1) is 0 Å². The average molecular weight is 239 g/mol. The van der Waals surface area contributed by atoms with Crippen molar-refractivity contribution in [3.05, 3.63) is 30.3 Å². The van der Waals surface area contributed by atoms with Gasteiger partial charge in [-0.25, -0.2) is 0 Å². The molecule has 2 unspecified atom stereocenters. The van der Waals surface area contributed by atoms with Crippen molar-refractivity contribution in [1.82, 2.24) is 5.32 Å². The Balaban J connectivity index is 2.07. The smallest absolute Gasteiger partial charge is 0.119 e. The molecule has 0 aliphatic carbocycles. The zero-order valence-electron chi connectivity index (χ0n) is 10.2. The lowest BCUT2D eigenvalue weighted by molar-refractivity contribution is 0.104. The predicted octanol–water partition coefficient (Wildman–Crippen LogP) is 0.787. The Labute approximate surface area is 102 Å². The van der Waals surface area contributed by atoms with Crippen LogP contribution in [-0.4, -0.2) is 42.1 Å². The van der Waals surface area contributed by atoms with E-state index in [1.54, 1.807) is 6.92 Å². The lowest BCUT2D eigenvalue weighted by Gasteiger charge is -2.13. The van der Waals surface area contributed by atoms with Crippen molar-refractivity contribution in [1.29, 1.82) is 0 Å². The molecule has 1 aromatic rings. The first kappa shape index (κ1) is 14.0. The molecule has 0 amide bonds. The molecule has 0 saturated carbocycles. The van der Waals surface area contributed by atoms with Gasteiger partial charge in [-0.2, -0.15) is 0 Å². The molecule has 0 fully saturated rings. The molecule has 0 saturated heterocycles. The zero-order valence-corrected chi connectivity index (χ0v) is 10.2. The van der Waals surface area contributed by atoms with E-state index < -0.39 is 6.10 Å². The second kappa shape index (κ2) is 8.06. The second-order valence-electron chi connectivity index (χ2n) is 4.12. The van der Waals surface area contributed by atoms with Gasteiger partial charge in [-0.3, -0.25) is 0 Å². The minimum atomic E-state index is -0.538. The maximum absolute atomic E-state index is 9.63. The summed E-state index contributed by atoms with van der Waals surface area (Å²) in [5.41, 5.74) is 0. The molecular formula is C13H21NO3. The van der Waals surface area contributed by atoms with Crippen molar-refractivity contribution in [2.75, 3.05) is 19.7 Å². The average Bonchev–Trinajstić information content (AvgIpc) is 2.33. The molecule has 2 atom stereocenters. The normalized spacial score (nSPS) is 14.3. The molecule has 4 heteroatoms. The summed E-state index contributed by atoms with van der Waals surface area (Å²) in [5, 5.41) is 21.7. The van der Waals surface area contributed by atoms with E-state index in [0.29, 0.717) is 19.5 Å². The number of para-hydroxylation sites is 1. The van der Waals surface area contributed by atoms with Crippen LogP contribution in [0, 0.1) is 0 Å². The van der Waals surface area contributed by atoms with E-state index in [0.717, 1.165) is 5.75 Å². The van der Waals surface area contributed by atoms with Gasteiger partial charge in [0.1, 0.15) is 18.5 Å². The zero-order chi connectivity index (χ0) is 12.5. The maximum atomic E-state index is 9.63. The van der Waals surface area contributed by atoms with Crippen molar-refractivity contribution >= 4 is 0 Å². The van der Waals surface area contributed by atoms with Crippen LogP contribution in [0.4, 0.5) is 0 Å². The Morgan fingerprint density at radius 2 is 1.94 bits per heavy atom. The van der Waals surface area contributed by atoms with Crippen LogP contribution < -0.4 is 10.1 Å². The third kappa shape index (κ3) is 6.94. The first-order valence-corrected chi connectivity index (χ1v) is 5.93. The molecular weight excluding hydrogens is 218 g/mol. The molecule has 0 aliphatic heterocycles. The molecule has 0 radical (unpaired) electrons. The predicted molar refractivity (Wildman–Crippen MR) is 67.1 cm³/mol. The van der Waals surface area contributed by atoms with Crippen LogP contribution in [-0.2, 0) is 0 Å². The first-order chi connectivity index (χ1) is 8.18. The monoisotopic (exact) mass is 239 g/mol. The number of nitrogens with one attached hydrogen (secondary N) is 1. The Morgan fingerprint density at radius 3 is 2.59 bits per heavy atom. The number of hydrogen-bond acceptors (Lipinski definition) is 4. The molecule has 0 aliphatic rings. The molecule has 96 valence electrons. The van der Waals surface area contributed by atoms with Crippen molar-refractivity contribution < 1.29 is 14.9 Å². The first-order valence-electron chi connectivity index (χ1n) is 5.93. The van der Waals surface area contributed by atoms with Gasteiger partial charge < -0.3 is 20.3 Å². The summed E-state index contributed by atoms with van der Waals surface area (Å²) >= 11 is 0. The van der Waals surface area contributed by atoms with E-state index in [-0.39, 0.29) is 12.7 Å². The Bertz CT molecular complexity index is 290. The van der Waals surface area contributed by atoms with Gasteiger partial charge in [0.2, 0.25) is 0 Å². The highest BCUT2D eigenvalue weighted by Crippen LogP contribution is 2.08. The molecule has 3 N–H and O–H groups in total. The molecule has 4 nitrogen and oxygen atoms in total. The molecule has 0 bridgehead atoms. The summed E-state index contributed by atoms with van der Waals surface area (Å²) in [5.74, 6) is 0.760. The quantitative estimate of drug-likeness (QED) is 0.587. The standard InChI is InChI=1S/C13H21NO3/c1-11(15)7-8-14-9-12(16)10-17-13-5-3-2-4-6-13/h2-6,11-12,14-16H,7-10H2,1H3. The van der Waals surface area contributed by atoms with Gasteiger partial charge in [-0.1, -0.05) is 18.2 Å². The molecule has 0 spiro atoms. The highest BCUT2D eigenvalue weighted by atomic mass is 16.5. The number of benzene rings is 1. The van der Waals surface area contributed by atoms with E-state index >= 15 is 0 Å². The van der Waals surface area contributed by atoms with Crippen LogP contribution in [0.15, 0.2) is 30.3 Å². The summed E-state index contributed by atoms with van der Waals surface area (Å²) in [6.45, 7) is 3.18.